The van der Waals surface area contributed by atoms with E-state index in [1.807, 2.05) is 13.8 Å². The lowest BCUT2D eigenvalue weighted by molar-refractivity contribution is -0.141. The minimum atomic E-state index is -4.55. The maximum atomic E-state index is 12.4. The van der Waals surface area contributed by atoms with Crippen molar-refractivity contribution in [3.05, 3.63) is 18.0 Å². The molecule has 1 rings (SSSR count). The molecule has 0 bridgehead atoms. The number of halogens is 3. The number of anilines is 1. The van der Waals surface area contributed by atoms with E-state index in [9.17, 15) is 18.0 Å². The Morgan fingerprint density at radius 1 is 1.42 bits per heavy atom. The molecule has 0 spiro atoms. The molecule has 1 heterocycles. The first kappa shape index (κ1) is 15.4. The van der Waals surface area contributed by atoms with E-state index in [0.717, 1.165) is 18.7 Å². The molecule has 0 fully saturated rings. The van der Waals surface area contributed by atoms with Crippen LogP contribution in [0.2, 0.25) is 0 Å². The number of amides is 1. The highest BCUT2D eigenvalue weighted by atomic mass is 19.4. The summed E-state index contributed by atoms with van der Waals surface area (Å²) in [7, 11) is 0. The van der Waals surface area contributed by atoms with Crippen LogP contribution in [0.25, 0.3) is 0 Å². The van der Waals surface area contributed by atoms with E-state index in [-0.39, 0.29) is 17.8 Å². The van der Waals surface area contributed by atoms with Crippen molar-refractivity contribution in [3.63, 3.8) is 0 Å². The van der Waals surface area contributed by atoms with Crippen LogP contribution in [0.5, 0.6) is 0 Å². The van der Waals surface area contributed by atoms with Gasteiger partial charge in [-0.3, -0.25) is 10.1 Å². The SMILES string of the molecule is CCCC(CC)C(=O)Nc1nccc(C(F)(F)F)n1. The third-order valence-electron chi connectivity index (χ3n) is 2.68. The third kappa shape index (κ3) is 4.50. The maximum Gasteiger partial charge on any atom is 0.433 e. The smallest absolute Gasteiger partial charge is 0.294 e. The van der Waals surface area contributed by atoms with Crippen LogP contribution in [0.3, 0.4) is 0 Å². The zero-order valence-corrected chi connectivity index (χ0v) is 10.8. The fourth-order valence-corrected chi connectivity index (χ4v) is 1.66. The number of hydrogen-bond acceptors (Lipinski definition) is 3. The molecule has 0 aliphatic heterocycles. The number of nitrogens with zero attached hydrogens (tertiary/aromatic N) is 2. The number of carbonyl (C=O) groups is 1. The van der Waals surface area contributed by atoms with Gasteiger partial charge in [0.2, 0.25) is 11.9 Å². The Kier molecular flexibility index (Phi) is 5.26. The topological polar surface area (TPSA) is 54.9 Å². The van der Waals surface area contributed by atoms with Crippen molar-refractivity contribution in [2.75, 3.05) is 5.32 Å². The van der Waals surface area contributed by atoms with Gasteiger partial charge in [0.05, 0.1) is 0 Å². The molecule has 1 aromatic heterocycles. The highest BCUT2D eigenvalue weighted by molar-refractivity contribution is 5.90. The molecule has 1 unspecified atom stereocenters. The van der Waals surface area contributed by atoms with E-state index < -0.39 is 11.9 Å². The lowest BCUT2D eigenvalue weighted by Crippen LogP contribution is -2.24. The van der Waals surface area contributed by atoms with Crippen molar-refractivity contribution in [3.8, 4) is 0 Å². The molecule has 4 nitrogen and oxygen atoms in total. The van der Waals surface area contributed by atoms with E-state index in [0.29, 0.717) is 12.8 Å². The molecule has 0 aliphatic rings. The number of nitrogens with one attached hydrogen (secondary N) is 1. The Morgan fingerprint density at radius 3 is 2.63 bits per heavy atom. The molecule has 0 saturated carbocycles. The van der Waals surface area contributed by atoms with Crippen molar-refractivity contribution in [2.45, 2.75) is 39.3 Å². The van der Waals surface area contributed by atoms with Gasteiger partial charge in [-0.05, 0) is 18.9 Å². The molecule has 1 amide bonds. The highest BCUT2D eigenvalue weighted by Crippen LogP contribution is 2.27. The second-order valence-electron chi connectivity index (χ2n) is 4.15. The number of aromatic nitrogens is 2. The Balaban J connectivity index is 2.79. The predicted octanol–water partition coefficient (Wildman–Crippen LogP) is 3.26. The molecule has 106 valence electrons. The first-order valence-corrected chi connectivity index (χ1v) is 6.09. The van der Waals surface area contributed by atoms with Gasteiger partial charge in [0.25, 0.3) is 0 Å². The zero-order valence-electron chi connectivity index (χ0n) is 10.8. The van der Waals surface area contributed by atoms with Gasteiger partial charge in [0.15, 0.2) is 0 Å². The second-order valence-corrected chi connectivity index (χ2v) is 4.15. The Bertz CT molecular complexity index is 434. The molecule has 0 radical (unpaired) electrons. The molecule has 7 heteroatoms. The summed E-state index contributed by atoms with van der Waals surface area (Å²) in [5, 5.41) is 2.33. The fourth-order valence-electron chi connectivity index (χ4n) is 1.66. The minimum absolute atomic E-state index is 0.233. The molecular weight excluding hydrogens is 259 g/mol. The summed E-state index contributed by atoms with van der Waals surface area (Å²) < 4.78 is 37.3. The average Bonchev–Trinajstić information content (AvgIpc) is 2.35. The summed E-state index contributed by atoms with van der Waals surface area (Å²) in [6, 6.07) is 0.763. The Morgan fingerprint density at radius 2 is 2.11 bits per heavy atom. The van der Waals surface area contributed by atoms with Gasteiger partial charge in [-0.15, -0.1) is 0 Å². The van der Waals surface area contributed by atoms with Crippen molar-refractivity contribution in [1.29, 1.82) is 0 Å². The van der Waals surface area contributed by atoms with Crippen LogP contribution < -0.4 is 5.32 Å². The molecule has 1 atom stereocenters. The van der Waals surface area contributed by atoms with Gasteiger partial charge < -0.3 is 0 Å². The lowest BCUT2D eigenvalue weighted by Gasteiger charge is -2.13. The zero-order chi connectivity index (χ0) is 14.5. The number of hydrogen-bond donors (Lipinski definition) is 1. The van der Waals surface area contributed by atoms with Crippen LogP contribution in [0, 0.1) is 5.92 Å². The van der Waals surface area contributed by atoms with Gasteiger partial charge in [-0.2, -0.15) is 13.2 Å². The van der Waals surface area contributed by atoms with Crippen molar-refractivity contribution in [1.82, 2.24) is 9.97 Å². The minimum Gasteiger partial charge on any atom is -0.294 e. The van der Waals surface area contributed by atoms with Crippen LogP contribution in [-0.2, 0) is 11.0 Å². The van der Waals surface area contributed by atoms with Gasteiger partial charge in [-0.25, -0.2) is 9.97 Å². The second kappa shape index (κ2) is 6.49. The first-order chi connectivity index (χ1) is 8.88. The summed E-state index contributed by atoms with van der Waals surface area (Å²) in [6.45, 7) is 3.80. The summed E-state index contributed by atoms with van der Waals surface area (Å²) >= 11 is 0. The largest absolute Gasteiger partial charge is 0.433 e. The quantitative estimate of drug-likeness (QED) is 0.897. The lowest BCUT2D eigenvalue weighted by atomic mass is 10.0. The van der Waals surface area contributed by atoms with Crippen molar-refractivity contribution >= 4 is 11.9 Å². The van der Waals surface area contributed by atoms with E-state index in [1.54, 1.807) is 0 Å². The molecule has 1 N–H and O–H groups in total. The summed E-state index contributed by atoms with van der Waals surface area (Å²) in [4.78, 5) is 18.7. The molecule has 19 heavy (non-hydrogen) atoms. The van der Waals surface area contributed by atoms with Crippen molar-refractivity contribution < 1.29 is 18.0 Å². The summed E-state index contributed by atoms with van der Waals surface area (Å²) in [6.07, 6.45) is -1.43. The van der Waals surface area contributed by atoms with Gasteiger partial charge in [-0.1, -0.05) is 20.3 Å². The van der Waals surface area contributed by atoms with E-state index in [1.165, 1.54) is 0 Å². The van der Waals surface area contributed by atoms with E-state index >= 15 is 0 Å². The van der Waals surface area contributed by atoms with Crippen LogP contribution >= 0.6 is 0 Å². The molecule has 0 saturated heterocycles. The molecule has 1 aromatic rings. The van der Waals surface area contributed by atoms with Gasteiger partial charge in [0.1, 0.15) is 5.69 Å². The fraction of sp³-hybridized carbons (Fsp3) is 0.583. The van der Waals surface area contributed by atoms with Crippen LogP contribution in [0.4, 0.5) is 19.1 Å². The summed E-state index contributed by atoms with van der Waals surface area (Å²) in [5.74, 6) is -0.888. The van der Waals surface area contributed by atoms with Gasteiger partial charge >= 0.3 is 6.18 Å². The van der Waals surface area contributed by atoms with Gasteiger partial charge in [0, 0.05) is 12.1 Å². The van der Waals surface area contributed by atoms with Crippen LogP contribution in [0.15, 0.2) is 12.3 Å². The molecular formula is C12H16F3N3O. The third-order valence-corrected chi connectivity index (χ3v) is 2.68. The Labute approximate surface area is 109 Å². The Hall–Kier alpha value is -1.66. The average molecular weight is 275 g/mol. The first-order valence-electron chi connectivity index (χ1n) is 6.09. The highest BCUT2D eigenvalue weighted by Gasteiger charge is 2.33. The normalized spacial score (nSPS) is 13.1. The number of rotatable bonds is 5. The number of carbonyl (C=O) groups excluding carboxylic acids is 1. The standard InChI is InChI=1S/C12H16F3N3O/c1-3-5-8(4-2)10(19)18-11-16-7-6-9(17-11)12(13,14)15/h6-8H,3-5H2,1-2H3,(H,16,17,18,19). The maximum absolute atomic E-state index is 12.4. The van der Waals surface area contributed by atoms with E-state index in [4.69, 9.17) is 0 Å². The monoisotopic (exact) mass is 275 g/mol. The molecule has 0 aliphatic carbocycles. The predicted molar refractivity (Wildman–Crippen MR) is 64.4 cm³/mol. The summed E-state index contributed by atoms with van der Waals surface area (Å²) in [5.41, 5.74) is -1.07. The van der Waals surface area contributed by atoms with Crippen LogP contribution in [0.1, 0.15) is 38.8 Å². The van der Waals surface area contributed by atoms with E-state index in [2.05, 4.69) is 15.3 Å². The van der Waals surface area contributed by atoms with Crippen molar-refractivity contribution in [2.24, 2.45) is 5.92 Å². The molecule has 0 aromatic carbocycles. The number of alkyl halides is 3. The van der Waals surface area contributed by atoms with Crippen LogP contribution in [-0.4, -0.2) is 15.9 Å².